The minimum Gasteiger partial charge on any atom is -0.349 e. The van der Waals surface area contributed by atoms with E-state index in [1.807, 2.05) is 14.1 Å². The molecule has 1 aromatic rings. The zero-order chi connectivity index (χ0) is 19.6. The van der Waals surface area contributed by atoms with Crippen molar-refractivity contribution in [3.63, 3.8) is 0 Å². The van der Waals surface area contributed by atoms with Gasteiger partial charge < -0.3 is 9.80 Å². The number of nitrogens with zero attached hydrogens (tertiary/aromatic N) is 2. The molecule has 1 atom stereocenters. The molecule has 3 rings (SSSR count). The van der Waals surface area contributed by atoms with Crippen LogP contribution in [-0.4, -0.2) is 48.8 Å². The molecule has 0 aromatic heterocycles. The van der Waals surface area contributed by atoms with Crippen LogP contribution in [0.3, 0.4) is 0 Å². The van der Waals surface area contributed by atoms with Crippen LogP contribution in [0.4, 0.5) is 0 Å². The van der Waals surface area contributed by atoms with Crippen molar-refractivity contribution in [3.8, 4) is 0 Å². The molecule has 0 bridgehead atoms. The topological polar surface area (TPSA) is 40.6 Å². The molecule has 1 saturated heterocycles. The van der Waals surface area contributed by atoms with Gasteiger partial charge in [-0.3, -0.25) is 9.59 Å². The molecule has 4 heteroatoms. The number of carbonyl (C=O) groups is 2. The third kappa shape index (κ3) is 3.76. The van der Waals surface area contributed by atoms with Gasteiger partial charge in [0.15, 0.2) is 0 Å². The Morgan fingerprint density at radius 3 is 2.37 bits per heavy atom. The number of carbonyl (C=O) groups excluding carboxylic acids is 2. The Kier molecular flexibility index (Phi) is 5.92. The van der Waals surface area contributed by atoms with E-state index in [1.54, 1.807) is 4.90 Å². The lowest BCUT2D eigenvalue weighted by Crippen LogP contribution is -2.46. The van der Waals surface area contributed by atoms with E-state index >= 15 is 0 Å². The summed E-state index contributed by atoms with van der Waals surface area (Å²) >= 11 is 0. The molecule has 1 aliphatic heterocycles. The molecule has 4 nitrogen and oxygen atoms in total. The summed E-state index contributed by atoms with van der Waals surface area (Å²) in [6, 6.07) is 8.68. The summed E-state index contributed by atoms with van der Waals surface area (Å²) in [6.07, 6.45) is 5.51. The fourth-order valence-corrected chi connectivity index (χ4v) is 5.13. The Morgan fingerprint density at radius 2 is 1.78 bits per heavy atom. The van der Waals surface area contributed by atoms with Gasteiger partial charge in [-0.15, -0.1) is 0 Å². The minimum absolute atomic E-state index is 0.137. The number of benzene rings is 1. The molecule has 27 heavy (non-hydrogen) atoms. The second-order valence-corrected chi connectivity index (χ2v) is 8.60. The van der Waals surface area contributed by atoms with Gasteiger partial charge in [0.1, 0.15) is 0 Å². The van der Waals surface area contributed by atoms with Crippen LogP contribution in [0.15, 0.2) is 24.3 Å². The van der Waals surface area contributed by atoms with E-state index in [1.165, 1.54) is 11.1 Å². The maximum Gasteiger partial charge on any atom is 0.225 e. The summed E-state index contributed by atoms with van der Waals surface area (Å²) in [4.78, 5) is 28.9. The zero-order valence-corrected chi connectivity index (χ0v) is 17.3. The number of hydrogen-bond acceptors (Lipinski definition) is 2. The summed E-state index contributed by atoms with van der Waals surface area (Å²) in [5.74, 6) is 1.01. The van der Waals surface area contributed by atoms with Crippen LogP contribution < -0.4 is 0 Å². The van der Waals surface area contributed by atoms with Crippen molar-refractivity contribution < 1.29 is 9.59 Å². The molecule has 1 spiro atoms. The molecule has 1 aliphatic carbocycles. The second kappa shape index (κ2) is 8.04. The lowest BCUT2D eigenvalue weighted by molar-refractivity contribution is -0.137. The lowest BCUT2D eigenvalue weighted by atomic mass is 9.73. The van der Waals surface area contributed by atoms with E-state index in [9.17, 15) is 9.59 Å². The van der Waals surface area contributed by atoms with Crippen LogP contribution in [0.2, 0.25) is 0 Å². The Balaban J connectivity index is 1.76. The van der Waals surface area contributed by atoms with E-state index in [2.05, 4.69) is 43.0 Å². The normalized spacial score (nSPS) is 20.8. The molecule has 1 fully saturated rings. The Labute approximate surface area is 163 Å². The largest absolute Gasteiger partial charge is 0.349 e. The number of likely N-dealkylation sites (tertiary alicyclic amines) is 1. The quantitative estimate of drug-likeness (QED) is 0.787. The van der Waals surface area contributed by atoms with Gasteiger partial charge in [0.2, 0.25) is 11.8 Å². The van der Waals surface area contributed by atoms with Gasteiger partial charge in [-0.05, 0) is 54.6 Å². The molecular formula is C23H34N2O2. The fraction of sp³-hybridized carbons (Fsp3) is 0.652. The van der Waals surface area contributed by atoms with Gasteiger partial charge in [0.05, 0.1) is 0 Å². The summed E-state index contributed by atoms with van der Waals surface area (Å²) in [5, 5.41) is 0. The number of fused-ring (bicyclic) bond motifs is 2. The highest BCUT2D eigenvalue weighted by Gasteiger charge is 2.46. The molecule has 148 valence electrons. The molecule has 0 radical (unpaired) electrons. The summed E-state index contributed by atoms with van der Waals surface area (Å²) in [6.45, 7) is 5.91. The summed E-state index contributed by atoms with van der Waals surface area (Å²) in [5.41, 5.74) is 2.92. The predicted molar refractivity (Wildman–Crippen MR) is 109 cm³/mol. The third-order valence-electron chi connectivity index (χ3n) is 6.90. The average Bonchev–Trinajstić information content (AvgIpc) is 2.96. The monoisotopic (exact) mass is 370 g/mol. The van der Waals surface area contributed by atoms with Gasteiger partial charge in [0, 0.05) is 39.5 Å². The van der Waals surface area contributed by atoms with Crippen molar-refractivity contribution >= 4 is 11.8 Å². The highest BCUT2D eigenvalue weighted by atomic mass is 16.2. The molecule has 0 N–H and O–H groups in total. The van der Waals surface area contributed by atoms with E-state index in [-0.39, 0.29) is 17.2 Å². The Hall–Kier alpha value is -1.84. The van der Waals surface area contributed by atoms with Gasteiger partial charge in [-0.25, -0.2) is 0 Å². The molecule has 1 unspecified atom stereocenters. The first-order chi connectivity index (χ1) is 12.9. The molecular weight excluding hydrogens is 336 g/mol. The van der Waals surface area contributed by atoms with Crippen molar-refractivity contribution in [2.24, 2.45) is 5.92 Å². The van der Waals surface area contributed by atoms with Crippen molar-refractivity contribution in [1.82, 2.24) is 9.80 Å². The second-order valence-electron chi connectivity index (χ2n) is 8.60. The van der Waals surface area contributed by atoms with Crippen LogP contribution in [0, 0.1) is 5.92 Å². The first-order valence-corrected chi connectivity index (χ1v) is 10.5. The van der Waals surface area contributed by atoms with Gasteiger partial charge in [-0.1, -0.05) is 38.1 Å². The van der Waals surface area contributed by atoms with Crippen LogP contribution in [0.5, 0.6) is 0 Å². The highest BCUT2D eigenvalue weighted by molar-refractivity contribution is 5.79. The summed E-state index contributed by atoms with van der Waals surface area (Å²) in [7, 11) is 3.67. The molecule has 1 aromatic carbocycles. The lowest BCUT2D eigenvalue weighted by Gasteiger charge is -2.41. The number of rotatable bonds is 5. The number of amides is 2. The van der Waals surface area contributed by atoms with E-state index in [0.29, 0.717) is 18.2 Å². The van der Waals surface area contributed by atoms with Crippen molar-refractivity contribution in [1.29, 1.82) is 0 Å². The smallest absolute Gasteiger partial charge is 0.225 e. The molecule has 1 heterocycles. The average molecular weight is 371 g/mol. The van der Waals surface area contributed by atoms with E-state index in [0.717, 1.165) is 45.2 Å². The van der Waals surface area contributed by atoms with Crippen molar-refractivity contribution in [2.45, 2.75) is 63.7 Å². The number of hydrogen-bond donors (Lipinski definition) is 0. The van der Waals surface area contributed by atoms with E-state index in [4.69, 9.17) is 0 Å². The zero-order valence-electron chi connectivity index (χ0n) is 17.3. The van der Waals surface area contributed by atoms with Crippen LogP contribution in [0.25, 0.3) is 0 Å². The predicted octanol–water partition coefficient (Wildman–Crippen LogP) is 3.95. The highest BCUT2D eigenvalue weighted by Crippen LogP contribution is 2.52. The van der Waals surface area contributed by atoms with Gasteiger partial charge in [-0.2, -0.15) is 0 Å². The Morgan fingerprint density at radius 1 is 1.15 bits per heavy atom. The van der Waals surface area contributed by atoms with Crippen LogP contribution in [-0.2, 0) is 15.0 Å². The van der Waals surface area contributed by atoms with Crippen LogP contribution >= 0.6 is 0 Å². The Bertz CT molecular complexity index is 685. The molecule has 2 amide bonds. The van der Waals surface area contributed by atoms with Crippen molar-refractivity contribution in [3.05, 3.63) is 35.4 Å². The van der Waals surface area contributed by atoms with E-state index < -0.39 is 0 Å². The summed E-state index contributed by atoms with van der Waals surface area (Å²) < 4.78 is 0. The van der Waals surface area contributed by atoms with Gasteiger partial charge in [0.25, 0.3) is 0 Å². The first-order valence-electron chi connectivity index (χ1n) is 10.5. The molecule has 0 saturated carbocycles. The first kappa shape index (κ1) is 19.9. The maximum atomic E-state index is 12.8. The van der Waals surface area contributed by atoms with Crippen molar-refractivity contribution in [2.75, 3.05) is 27.2 Å². The fourth-order valence-electron chi connectivity index (χ4n) is 5.13. The third-order valence-corrected chi connectivity index (χ3v) is 6.90. The van der Waals surface area contributed by atoms with Crippen LogP contribution in [0.1, 0.15) is 69.4 Å². The molecule has 2 aliphatic rings. The minimum atomic E-state index is 0.137. The standard InChI is InChI=1S/C23H34N2O2/c1-5-17(6-2)22(27)25-13-11-23(12-14-25)16-18(15-21(26)24(3)4)19-9-7-8-10-20(19)23/h7-10,17-18H,5-6,11-16H2,1-4H3. The van der Waals surface area contributed by atoms with Gasteiger partial charge >= 0.3 is 0 Å². The number of piperidine rings is 1. The maximum absolute atomic E-state index is 12.8. The SMILES string of the molecule is CCC(CC)C(=O)N1CCC2(CC1)CC(CC(=O)N(C)C)c1ccccc12.